The number of anilines is 1. The maximum Gasteiger partial charge on any atom is 0.335 e. The highest BCUT2D eigenvalue weighted by atomic mass is 16.4. The van der Waals surface area contributed by atoms with Crippen LogP contribution in [0.15, 0.2) is 97.1 Å². The van der Waals surface area contributed by atoms with E-state index in [0.29, 0.717) is 5.56 Å². The number of nitrogens with one attached hydrogen (secondary N) is 1. The minimum absolute atomic E-state index is 0.0388. The van der Waals surface area contributed by atoms with Gasteiger partial charge >= 0.3 is 5.97 Å². The van der Waals surface area contributed by atoms with Gasteiger partial charge in [-0.3, -0.25) is 4.79 Å². The van der Waals surface area contributed by atoms with E-state index in [0.717, 1.165) is 40.9 Å². The molecular weight excluding hydrogens is 518 g/mol. The molecule has 216 valence electrons. The number of carboxylic acid groups (broad SMARTS) is 1. The van der Waals surface area contributed by atoms with E-state index in [1.165, 1.54) is 11.1 Å². The first kappa shape index (κ1) is 30.5. The number of allylic oxidation sites excluding steroid dienone is 1. The van der Waals surface area contributed by atoms with Crippen molar-refractivity contribution < 1.29 is 14.7 Å². The van der Waals surface area contributed by atoms with E-state index in [-0.39, 0.29) is 22.2 Å². The summed E-state index contributed by atoms with van der Waals surface area (Å²) in [6, 6.07) is 29.6. The lowest BCUT2D eigenvalue weighted by atomic mass is 9.81. The molecule has 2 N–H and O–H groups in total. The van der Waals surface area contributed by atoms with Crippen molar-refractivity contribution in [2.45, 2.75) is 58.8 Å². The van der Waals surface area contributed by atoms with Crippen LogP contribution in [0.2, 0.25) is 0 Å². The summed E-state index contributed by atoms with van der Waals surface area (Å²) in [6.45, 7) is 13.9. The molecule has 4 rings (SSSR count). The van der Waals surface area contributed by atoms with Crippen molar-refractivity contribution in [3.8, 4) is 11.1 Å². The summed E-state index contributed by atoms with van der Waals surface area (Å²) >= 11 is 0. The van der Waals surface area contributed by atoms with Crippen molar-refractivity contribution in [2.75, 3.05) is 11.9 Å². The molecule has 4 aromatic rings. The summed E-state index contributed by atoms with van der Waals surface area (Å²) in [7, 11) is 0. The molecule has 42 heavy (non-hydrogen) atoms. The first-order valence-electron chi connectivity index (χ1n) is 14.5. The van der Waals surface area contributed by atoms with Crippen LogP contribution in [0.5, 0.6) is 0 Å². The van der Waals surface area contributed by atoms with Gasteiger partial charge in [-0.15, -0.1) is 0 Å². The molecule has 4 nitrogen and oxygen atoms in total. The molecule has 0 fully saturated rings. The van der Waals surface area contributed by atoms with Crippen LogP contribution in [0, 0.1) is 0 Å². The number of ketones is 1. The van der Waals surface area contributed by atoms with Crippen molar-refractivity contribution in [2.24, 2.45) is 0 Å². The summed E-state index contributed by atoms with van der Waals surface area (Å²) in [4.78, 5) is 24.7. The van der Waals surface area contributed by atoms with Crippen molar-refractivity contribution in [3.05, 3.63) is 130 Å². The van der Waals surface area contributed by atoms with Crippen LogP contribution in [-0.4, -0.2) is 23.4 Å². The SMILES string of the molecule is CC(C)(C)c1ccc(-c2cc(C(=O)C=Cc3ccc(C(=O)O)cc3)cc(C(C)(C)C)c2NCCc2ccccc2)cc1. The summed E-state index contributed by atoms with van der Waals surface area (Å²) < 4.78 is 0. The average molecular weight is 560 g/mol. The van der Waals surface area contributed by atoms with Gasteiger partial charge in [0.1, 0.15) is 0 Å². The molecule has 0 bridgehead atoms. The molecule has 0 saturated heterocycles. The summed E-state index contributed by atoms with van der Waals surface area (Å²) in [5.41, 5.74) is 8.11. The maximum absolute atomic E-state index is 13.6. The molecule has 0 heterocycles. The molecule has 4 heteroatoms. The lowest BCUT2D eigenvalue weighted by Crippen LogP contribution is -2.18. The third-order valence-corrected chi connectivity index (χ3v) is 7.44. The Morgan fingerprint density at radius 3 is 1.98 bits per heavy atom. The van der Waals surface area contributed by atoms with E-state index >= 15 is 0 Å². The third-order valence-electron chi connectivity index (χ3n) is 7.44. The minimum Gasteiger partial charge on any atom is -0.478 e. The zero-order valence-electron chi connectivity index (χ0n) is 25.5. The van der Waals surface area contributed by atoms with Gasteiger partial charge in [-0.2, -0.15) is 0 Å². The topological polar surface area (TPSA) is 66.4 Å². The molecular formula is C38H41NO3. The number of benzene rings is 4. The molecule has 0 spiro atoms. The van der Waals surface area contributed by atoms with Gasteiger partial charge in [0.2, 0.25) is 0 Å². The van der Waals surface area contributed by atoms with Crippen LogP contribution in [0.25, 0.3) is 17.2 Å². The zero-order chi connectivity index (χ0) is 30.5. The molecule has 0 atom stereocenters. The van der Waals surface area contributed by atoms with E-state index in [9.17, 15) is 9.59 Å². The first-order chi connectivity index (χ1) is 19.8. The van der Waals surface area contributed by atoms with Gasteiger partial charge in [0.15, 0.2) is 5.78 Å². The lowest BCUT2D eigenvalue weighted by Gasteiger charge is -2.27. The van der Waals surface area contributed by atoms with E-state index in [2.05, 4.69) is 95.4 Å². The first-order valence-corrected chi connectivity index (χ1v) is 14.5. The molecule has 0 aliphatic carbocycles. The lowest BCUT2D eigenvalue weighted by molar-refractivity contribution is 0.0696. The fourth-order valence-electron chi connectivity index (χ4n) is 4.93. The van der Waals surface area contributed by atoms with Gasteiger partial charge in [0, 0.05) is 23.4 Å². The highest BCUT2D eigenvalue weighted by molar-refractivity contribution is 6.08. The molecule has 4 aromatic carbocycles. The van der Waals surface area contributed by atoms with Gasteiger partial charge < -0.3 is 10.4 Å². The summed E-state index contributed by atoms with van der Waals surface area (Å²) in [5.74, 6) is -1.08. The van der Waals surface area contributed by atoms with Gasteiger partial charge in [0.05, 0.1) is 5.56 Å². The fraction of sp³-hybridized carbons (Fsp3) is 0.263. The number of hydrogen-bond donors (Lipinski definition) is 2. The Hall–Kier alpha value is -4.44. The standard InChI is InChI=1S/C38H41NO3/c1-37(2,3)31-19-17-28(18-20-31)32-24-30(34(40)21-14-27-12-15-29(16-13-27)36(41)42)25-33(38(4,5)6)35(32)39-23-22-26-10-8-7-9-11-26/h7-21,24-25,39H,22-23H2,1-6H3,(H,41,42). The third kappa shape index (κ3) is 7.64. The number of carbonyl (C=O) groups excluding carboxylic acids is 1. The Morgan fingerprint density at radius 1 is 0.762 bits per heavy atom. The van der Waals surface area contributed by atoms with Gasteiger partial charge in [-0.1, -0.05) is 114 Å². The number of aromatic carboxylic acids is 1. The molecule has 0 saturated carbocycles. The summed E-state index contributed by atoms with van der Waals surface area (Å²) in [6.07, 6.45) is 4.18. The Morgan fingerprint density at radius 2 is 1.40 bits per heavy atom. The zero-order valence-corrected chi connectivity index (χ0v) is 25.5. The quantitative estimate of drug-likeness (QED) is 0.158. The van der Waals surface area contributed by atoms with Crippen LogP contribution in [0.3, 0.4) is 0 Å². The second kappa shape index (κ2) is 12.6. The van der Waals surface area contributed by atoms with E-state index < -0.39 is 5.97 Å². The largest absolute Gasteiger partial charge is 0.478 e. The summed E-state index contributed by atoms with van der Waals surface area (Å²) in [5, 5.41) is 12.9. The van der Waals surface area contributed by atoms with Gasteiger partial charge in [0.25, 0.3) is 0 Å². The van der Waals surface area contributed by atoms with E-state index in [4.69, 9.17) is 5.11 Å². The van der Waals surface area contributed by atoms with Crippen LogP contribution in [-0.2, 0) is 17.3 Å². The van der Waals surface area contributed by atoms with Crippen LogP contribution in [0.4, 0.5) is 5.69 Å². The van der Waals surface area contributed by atoms with Crippen LogP contribution in [0.1, 0.15) is 84.5 Å². The Kier molecular flexibility index (Phi) is 9.16. The predicted octanol–water partition coefficient (Wildman–Crippen LogP) is 9.20. The molecule has 0 unspecified atom stereocenters. The van der Waals surface area contributed by atoms with Gasteiger partial charge in [-0.05, 0) is 75.4 Å². The normalized spacial score (nSPS) is 12.0. The van der Waals surface area contributed by atoms with E-state index in [1.807, 2.05) is 18.2 Å². The smallest absolute Gasteiger partial charge is 0.335 e. The van der Waals surface area contributed by atoms with Crippen molar-refractivity contribution in [3.63, 3.8) is 0 Å². The number of hydrogen-bond acceptors (Lipinski definition) is 3. The molecule has 0 amide bonds. The van der Waals surface area contributed by atoms with Crippen LogP contribution < -0.4 is 5.32 Å². The predicted molar refractivity (Wildman–Crippen MR) is 175 cm³/mol. The van der Waals surface area contributed by atoms with Crippen molar-refractivity contribution in [1.29, 1.82) is 0 Å². The maximum atomic E-state index is 13.6. The molecule has 0 aromatic heterocycles. The minimum atomic E-state index is -0.975. The highest BCUT2D eigenvalue weighted by Gasteiger charge is 2.24. The number of rotatable bonds is 9. The molecule has 0 aliphatic heterocycles. The Bertz CT molecular complexity index is 1570. The van der Waals surface area contributed by atoms with Crippen molar-refractivity contribution in [1.82, 2.24) is 0 Å². The second-order valence-electron chi connectivity index (χ2n) is 12.8. The number of carboxylic acids is 1. The average Bonchev–Trinajstić information content (AvgIpc) is 2.95. The Labute approximate surface area is 250 Å². The second-order valence-corrected chi connectivity index (χ2v) is 12.8. The molecule has 0 radical (unpaired) electrons. The van der Waals surface area contributed by atoms with Gasteiger partial charge in [-0.25, -0.2) is 4.79 Å². The molecule has 0 aliphatic rings. The van der Waals surface area contributed by atoms with Crippen LogP contribution >= 0.6 is 0 Å². The monoisotopic (exact) mass is 559 g/mol. The highest BCUT2D eigenvalue weighted by Crippen LogP contribution is 2.39. The Balaban J connectivity index is 1.76. The van der Waals surface area contributed by atoms with E-state index in [1.54, 1.807) is 36.4 Å². The van der Waals surface area contributed by atoms with Crippen molar-refractivity contribution >= 4 is 23.5 Å². The fourth-order valence-corrected chi connectivity index (χ4v) is 4.93. The number of carbonyl (C=O) groups is 2.